The Hall–Kier alpha value is -2.04. The number of carbonyl (C=O) groups excluding carboxylic acids is 1. The van der Waals surface area contributed by atoms with Crippen LogP contribution in [0.1, 0.15) is 38.7 Å². The number of phenols is 2. The minimum absolute atomic E-state index is 0.0413. The van der Waals surface area contributed by atoms with Crippen LogP contribution in [0.25, 0.3) is 0 Å². The number of phenolic OH excluding ortho intramolecular Hbond substituents is 2. The lowest BCUT2D eigenvalue weighted by atomic mass is 9.80. The zero-order valence-electron chi connectivity index (χ0n) is 10.5. The van der Waals surface area contributed by atoms with Crippen molar-refractivity contribution in [3.05, 3.63) is 57.1 Å². The molecule has 0 spiro atoms. The Morgan fingerprint density at radius 1 is 1.15 bits per heavy atom. The van der Waals surface area contributed by atoms with E-state index in [4.69, 9.17) is 11.6 Å². The third-order valence-electron chi connectivity index (χ3n) is 3.58. The fourth-order valence-electron chi connectivity index (χ4n) is 2.67. The first-order valence-electron chi connectivity index (χ1n) is 6.00. The summed E-state index contributed by atoms with van der Waals surface area (Å²) in [6, 6.07) is 5.86. The molecule has 0 heterocycles. The predicted molar refractivity (Wildman–Crippen MR) is 73.5 cm³/mol. The van der Waals surface area contributed by atoms with Gasteiger partial charge in [-0.3, -0.25) is 4.79 Å². The van der Waals surface area contributed by atoms with Crippen molar-refractivity contribution in [2.24, 2.45) is 0 Å². The van der Waals surface area contributed by atoms with Crippen LogP contribution >= 0.6 is 11.6 Å². The van der Waals surface area contributed by atoms with Gasteiger partial charge in [0.1, 0.15) is 17.6 Å². The van der Waals surface area contributed by atoms with Gasteiger partial charge in [0, 0.05) is 11.1 Å². The molecule has 0 unspecified atom stereocenters. The summed E-state index contributed by atoms with van der Waals surface area (Å²) in [5.41, 5.74) is 1.29. The standard InChI is InChI=1S/C15H11ClO4/c1-6-5-9(18)13(16)12-10(6)15(20)11-7(14(12)19)3-2-4-8(11)17/h2-5,14,17-19H,1H3/t14-/m1/s1. The number of hydrogen-bond acceptors (Lipinski definition) is 4. The quantitative estimate of drug-likeness (QED) is 0.697. The van der Waals surface area contributed by atoms with E-state index in [0.29, 0.717) is 5.56 Å². The highest BCUT2D eigenvalue weighted by Gasteiger charge is 2.35. The maximum absolute atomic E-state index is 12.5. The number of aliphatic hydroxyl groups is 1. The molecule has 0 aromatic heterocycles. The van der Waals surface area contributed by atoms with Gasteiger partial charge in [-0.05, 0) is 30.2 Å². The molecule has 0 amide bonds. The number of carbonyl (C=O) groups is 1. The molecule has 0 saturated heterocycles. The summed E-state index contributed by atoms with van der Waals surface area (Å²) in [5.74, 6) is -0.767. The van der Waals surface area contributed by atoms with Crippen molar-refractivity contribution in [2.45, 2.75) is 13.0 Å². The van der Waals surface area contributed by atoms with Crippen LogP contribution in [0.2, 0.25) is 5.02 Å². The van der Waals surface area contributed by atoms with E-state index in [9.17, 15) is 20.1 Å². The van der Waals surface area contributed by atoms with Crippen molar-refractivity contribution >= 4 is 17.4 Å². The number of benzene rings is 2. The van der Waals surface area contributed by atoms with Crippen LogP contribution < -0.4 is 0 Å². The number of aromatic hydroxyl groups is 2. The largest absolute Gasteiger partial charge is 0.507 e. The number of halogens is 1. The number of rotatable bonds is 0. The Kier molecular flexibility index (Phi) is 2.74. The summed E-state index contributed by atoms with van der Waals surface area (Å²) in [5, 5.41) is 30.0. The first-order valence-corrected chi connectivity index (χ1v) is 6.38. The molecule has 1 aliphatic rings. The SMILES string of the molecule is Cc1cc(O)c(Cl)c2c1C(=O)c1c(O)cccc1[C@H]2O. The normalized spacial score (nSPS) is 16.8. The van der Waals surface area contributed by atoms with Gasteiger partial charge >= 0.3 is 0 Å². The molecule has 3 rings (SSSR count). The van der Waals surface area contributed by atoms with Crippen molar-refractivity contribution in [2.75, 3.05) is 0 Å². The van der Waals surface area contributed by atoms with Crippen LogP contribution in [0.3, 0.4) is 0 Å². The van der Waals surface area contributed by atoms with Crippen LogP contribution in [0.5, 0.6) is 11.5 Å². The van der Waals surface area contributed by atoms with Gasteiger partial charge in [0.05, 0.1) is 10.6 Å². The Morgan fingerprint density at radius 3 is 2.55 bits per heavy atom. The second-order valence-electron chi connectivity index (χ2n) is 4.79. The van der Waals surface area contributed by atoms with Crippen LogP contribution in [-0.2, 0) is 0 Å². The Morgan fingerprint density at radius 2 is 1.85 bits per heavy atom. The monoisotopic (exact) mass is 290 g/mol. The van der Waals surface area contributed by atoms with Gasteiger partial charge in [-0.15, -0.1) is 0 Å². The fourth-order valence-corrected chi connectivity index (χ4v) is 2.92. The molecular formula is C15H11ClO4. The molecule has 0 saturated carbocycles. The van der Waals surface area contributed by atoms with E-state index in [1.165, 1.54) is 12.1 Å². The Balaban J connectivity index is 2.41. The summed E-state index contributed by atoms with van der Waals surface area (Å²) < 4.78 is 0. The minimum Gasteiger partial charge on any atom is -0.507 e. The van der Waals surface area contributed by atoms with E-state index in [-0.39, 0.29) is 38.8 Å². The lowest BCUT2D eigenvalue weighted by Gasteiger charge is -2.26. The first kappa shape index (κ1) is 13.0. The van der Waals surface area contributed by atoms with Crippen molar-refractivity contribution in [1.29, 1.82) is 0 Å². The molecule has 4 nitrogen and oxygen atoms in total. The van der Waals surface area contributed by atoms with E-state index in [1.807, 2.05) is 0 Å². The van der Waals surface area contributed by atoms with Crippen LogP contribution in [0, 0.1) is 6.92 Å². The van der Waals surface area contributed by atoms with Gasteiger partial charge in [-0.25, -0.2) is 0 Å². The van der Waals surface area contributed by atoms with E-state index < -0.39 is 11.9 Å². The Labute approximate surface area is 119 Å². The van der Waals surface area contributed by atoms with Gasteiger partial charge in [0.15, 0.2) is 5.78 Å². The summed E-state index contributed by atoms with van der Waals surface area (Å²) >= 11 is 6.02. The van der Waals surface area contributed by atoms with Crippen molar-refractivity contribution < 1.29 is 20.1 Å². The van der Waals surface area contributed by atoms with Crippen LogP contribution in [0.4, 0.5) is 0 Å². The van der Waals surface area contributed by atoms with E-state index >= 15 is 0 Å². The zero-order valence-corrected chi connectivity index (χ0v) is 11.3. The molecule has 5 heteroatoms. The van der Waals surface area contributed by atoms with Gasteiger partial charge in [-0.2, -0.15) is 0 Å². The zero-order chi connectivity index (χ0) is 14.6. The number of aryl methyl sites for hydroxylation is 1. The van der Waals surface area contributed by atoms with E-state index in [0.717, 1.165) is 0 Å². The first-order chi connectivity index (χ1) is 9.43. The van der Waals surface area contributed by atoms with Gasteiger partial charge in [0.2, 0.25) is 0 Å². The molecule has 0 radical (unpaired) electrons. The average Bonchev–Trinajstić information content (AvgIpc) is 2.40. The minimum atomic E-state index is -1.16. The lowest BCUT2D eigenvalue weighted by molar-refractivity contribution is 0.101. The topological polar surface area (TPSA) is 77.8 Å². The van der Waals surface area contributed by atoms with E-state index in [1.54, 1.807) is 19.1 Å². The smallest absolute Gasteiger partial charge is 0.197 e. The number of aliphatic hydroxyl groups excluding tert-OH is 1. The highest BCUT2D eigenvalue weighted by molar-refractivity contribution is 6.34. The molecule has 102 valence electrons. The molecule has 3 N–H and O–H groups in total. The van der Waals surface area contributed by atoms with E-state index in [2.05, 4.69) is 0 Å². The second-order valence-corrected chi connectivity index (χ2v) is 5.17. The number of fused-ring (bicyclic) bond motifs is 2. The lowest BCUT2D eigenvalue weighted by Crippen LogP contribution is -2.21. The average molecular weight is 291 g/mol. The fraction of sp³-hybridized carbons (Fsp3) is 0.133. The second kappa shape index (κ2) is 4.23. The van der Waals surface area contributed by atoms with Gasteiger partial charge in [-0.1, -0.05) is 23.7 Å². The van der Waals surface area contributed by atoms with Crippen molar-refractivity contribution in [1.82, 2.24) is 0 Å². The summed E-state index contributed by atoms with van der Waals surface area (Å²) in [4.78, 5) is 12.5. The highest BCUT2D eigenvalue weighted by Crippen LogP contribution is 2.45. The molecule has 0 fully saturated rings. The molecule has 1 aliphatic carbocycles. The van der Waals surface area contributed by atoms with Gasteiger partial charge < -0.3 is 15.3 Å². The van der Waals surface area contributed by atoms with Crippen LogP contribution in [-0.4, -0.2) is 21.1 Å². The van der Waals surface area contributed by atoms with Crippen molar-refractivity contribution in [3.8, 4) is 11.5 Å². The molecular weight excluding hydrogens is 280 g/mol. The molecule has 2 aromatic carbocycles. The third-order valence-corrected chi connectivity index (χ3v) is 3.97. The predicted octanol–water partition coefficient (Wildman–Crippen LogP) is 2.69. The molecule has 1 atom stereocenters. The summed E-state index contributed by atoms with van der Waals surface area (Å²) in [6.07, 6.45) is -1.16. The molecule has 2 aromatic rings. The summed E-state index contributed by atoms with van der Waals surface area (Å²) in [7, 11) is 0. The maximum atomic E-state index is 12.5. The molecule has 20 heavy (non-hydrogen) atoms. The number of ketones is 1. The Bertz CT molecular complexity index is 752. The van der Waals surface area contributed by atoms with Crippen LogP contribution in [0.15, 0.2) is 24.3 Å². The molecule has 0 aliphatic heterocycles. The summed E-state index contributed by atoms with van der Waals surface area (Å²) in [6.45, 7) is 1.64. The number of hydrogen-bond donors (Lipinski definition) is 3. The maximum Gasteiger partial charge on any atom is 0.197 e. The molecule has 0 bridgehead atoms. The van der Waals surface area contributed by atoms with Crippen molar-refractivity contribution in [3.63, 3.8) is 0 Å². The highest BCUT2D eigenvalue weighted by atomic mass is 35.5. The van der Waals surface area contributed by atoms with Gasteiger partial charge in [0.25, 0.3) is 0 Å². The third kappa shape index (κ3) is 1.55.